The average Bonchev–Trinajstić information content (AvgIpc) is 2.31. The minimum Gasteiger partial charge on any atom is -0.478 e. The summed E-state index contributed by atoms with van der Waals surface area (Å²) in [5.74, 6) is -0.715. The van der Waals surface area contributed by atoms with Gasteiger partial charge in [0.2, 0.25) is 5.91 Å². The number of carboxylic acids is 1. The number of carboxylic acid groups (broad SMARTS) is 1. The van der Waals surface area contributed by atoms with Crippen LogP contribution in [0.3, 0.4) is 0 Å². The molecule has 0 saturated heterocycles. The van der Waals surface area contributed by atoms with Crippen LogP contribution < -0.4 is 10.6 Å². The number of anilines is 2. The van der Waals surface area contributed by atoms with Crippen molar-refractivity contribution in [2.24, 2.45) is 0 Å². The molecule has 3 N–H and O–H groups in total. The number of thioether (sulfide) groups is 1. The van der Waals surface area contributed by atoms with Gasteiger partial charge in [0.1, 0.15) is 0 Å². The van der Waals surface area contributed by atoms with Gasteiger partial charge in [-0.2, -0.15) is 0 Å². The van der Waals surface area contributed by atoms with Crippen LogP contribution in [0.15, 0.2) is 35.2 Å². The maximum atomic E-state index is 11.8. The molecule has 0 atom stereocenters. The van der Waals surface area contributed by atoms with Crippen LogP contribution in [0.2, 0.25) is 0 Å². The normalized spacial score (nSPS) is 14.9. The Labute approximate surface area is 108 Å². The summed E-state index contributed by atoms with van der Waals surface area (Å²) in [6.45, 7) is 0.238. The Morgan fingerprint density at radius 2 is 2.33 bits per heavy atom. The molecule has 1 aliphatic heterocycles. The number of fused-ring (bicyclic) bond motifs is 1. The maximum absolute atomic E-state index is 11.8. The third-order valence-corrected chi connectivity index (χ3v) is 3.52. The lowest BCUT2D eigenvalue weighted by atomic mass is 10.2. The zero-order chi connectivity index (χ0) is 13.1. The number of rotatable bonds is 3. The van der Waals surface area contributed by atoms with Gasteiger partial charge in [-0.05, 0) is 18.2 Å². The molecule has 5 nitrogen and oxygen atoms in total. The molecule has 0 aliphatic carbocycles. The first-order valence-corrected chi connectivity index (χ1v) is 6.28. The molecule has 94 valence electrons. The maximum Gasteiger partial charge on any atom is 0.328 e. The van der Waals surface area contributed by atoms with Gasteiger partial charge in [-0.3, -0.25) is 4.79 Å². The molecule has 0 bridgehead atoms. The molecule has 0 radical (unpaired) electrons. The first-order valence-electron chi connectivity index (χ1n) is 5.30. The SMILES string of the molecule is Nc1ccc2c(c1)N(C/C=C/C(=O)O)C(=O)CS2. The highest BCUT2D eigenvalue weighted by atomic mass is 32.2. The number of benzene rings is 1. The minimum absolute atomic E-state index is 0.0480. The molecule has 1 heterocycles. The van der Waals surface area contributed by atoms with E-state index in [2.05, 4.69) is 0 Å². The largest absolute Gasteiger partial charge is 0.478 e. The summed E-state index contributed by atoms with van der Waals surface area (Å²) in [6.07, 6.45) is 2.48. The minimum atomic E-state index is -1.03. The summed E-state index contributed by atoms with van der Waals surface area (Å²) in [4.78, 5) is 24.8. The summed E-state index contributed by atoms with van der Waals surface area (Å²) in [7, 11) is 0. The predicted molar refractivity (Wildman–Crippen MR) is 70.7 cm³/mol. The molecule has 0 saturated carbocycles. The summed E-state index contributed by atoms with van der Waals surface area (Å²) in [5, 5.41) is 8.53. The van der Waals surface area contributed by atoms with E-state index < -0.39 is 5.97 Å². The van der Waals surface area contributed by atoms with Gasteiger partial charge < -0.3 is 15.7 Å². The Hall–Kier alpha value is -1.95. The molecule has 1 amide bonds. The molecule has 1 aromatic rings. The number of aliphatic carboxylic acids is 1. The smallest absolute Gasteiger partial charge is 0.328 e. The lowest BCUT2D eigenvalue weighted by Crippen LogP contribution is -2.35. The van der Waals surface area contributed by atoms with Crippen molar-refractivity contribution in [2.45, 2.75) is 4.90 Å². The first kappa shape index (κ1) is 12.5. The number of hydrogen-bond acceptors (Lipinski definition) is 4. The molecule has 2 rings (SSSR count). The van der Waals surface area contributed by atoms with E-state index in [0.717, 1.165) is 16.7 Å². The molecule has 1 aromatic carbocycles. The van der Waals surface area contributed by atoms with Crippen molar-refractivity contribution in [3.63, 3.8) is 0 Å². The molecular weight excluding hydrogens is 252 g/mol. The highest BCUT2D eigenvalue weighted by molar-refractivity contribution is 8.00. The monoisotopic (exact) mass is 264 g/mol. The fraction of sp³-hybridized carbons (Fsp3) is 0.167. The Morgan fingerprint density at radius 1 is 1.56 bits per heavy atom. The Morgan fingerprint density at radius 3 is 3.06 bits per heavy atom. The summed E-state index contributed by atoms with van der Waals surface area (Å²) >= 11 is 1.46. The predicted octanol–water partition coefficient (Wildman–Crippen LogP) is 1.35. The molecule has 18 heavy (non-hydrogen) atoms. The van der Waals surface area contributed by atoms with Crippen molar-refractivity contribution in [2.75, 3.05) is 22.9 Å². The van der Waals surface area contributed by atoms with E-state index in [-0.39, 0.29) is 12.5 Å². The van der Waals surface area contributed by atoms with Gasteiger partial charge in [0.15, 0.2) is 0 Å². The number of carbonyl (C=O) groups is 2. The van der Waals surface area contributed by atoms with E-state index in [9.17, 15) is 9.59 Å². The number of nitrogens with two attached hydrogens (primary N) is 1. The van der Waals surface area contributed by atoms with E-state index in [1.165, 1.54) is 17.8 Å². The van der Waals surface area contributed by atoms with Crippen LogP contribution in [0.25, 0.3) is 0 Å². The van der Waals surface area contributed by atoms with Crippen molar-refractivity contribution >= 4 is 35.0 Å². The zero-order valence-corrected chi connectivity index (χ0v) is 10.3. The van der Waals surface area contributed by atoms with Crippen LogP contribution in [0.1, 0.15) is 0 Å². The van der Waals surface area contributed by atoms with Crippen molar-refractivity contribution in [3.8, 4) is 0 Å². The first-order chi connectivity index (χ1) is 8.58. The fourth-order valence-corrected chi connectivity index (χ4v) is 2.59. The molecule has 0 spiro atoms. The van der Waals surface area contributed by atoms with Gasteiger partial charge in [0, 0.05) is 23.2 Å². The highest BCUT2D eigenvalue weighted by Crippen LogP contribution is 2.36. The molecule has 0 aromatic heterocycles. The number of nitrogens with zero attached hydrogens (tertiary/aromatic N) is 1. The zero-order valence-electron chi connectivity index (χ0n) is 9.50. The average molecular weight is 264 g/mol. The summed E-state index contributed by atoms with van der Waals surface area (Å²) in [6, 6.07) is 5.39. The van der Waals surface area contributed by atoms with Gasteiger partial charge in [-0.15, -0.1) is 11.8 Å². The Bertz CT molecular complexity index is 528. The van der Waals surface area contributed by atoms with Crippen LogP contribution in [0, 0.1) is 0 Å². The van der Waals surface area contributed by atoms with Crippen LogP contribution >= 0.6 is 11.8 Å². The quantitative estimate of drug-likeness (QED) is 0.636. The molecule has 6 heteroatoms. The summed E-state index contributed by atoms with van der Waals surface area (Å²) in [5.41, 5.74) is 7.03. The van der Waals surface area contributed by atoms with Gasteiger partial charge >= 0.3 is 5.97 Å². The van der Waals surface area contributed by atoms with Gasteiger partial charge in [0.25, 0.3) is 0 Å². The van der Waals surface area contributed by atoms with E-state index in [0.29, 0.717) is 11.4 Å². The van der Waals surface area contributed by atoms with Crippen molar-refractivity contribution in [3.05, 3.63) is 30.4 Å². The van der Waals surface area contributed by atoms with Gasteiger partial charge in [0.05, 0.1) is 11.4 Å². The van der Waals surface area contributed by atoms with Crippen LogP contribution in [0.5, 0.6) is 0 Å². The Balaban J connectivity index is 2.27. The lowest BCUT2D eigenvalue weighted by Gasteiger charge is -2.28. The summed E-state index contributed by atoms with van der Waals surface area (Å²) < 4.78 is 0. The van der Waals surface area contributed by atoms with Crippen LogP contribution in [-0.2, 0) is 9.59 Å². The molecule has 0 fully saturated rings. The number of nitrogen functional groups attached to an aromatic ring is 1. The van der Waals surface area contributed by atoms with Crippen LogP contribution in [0.4, 0.5) is 11.4 Å². The van der Waals surface area contributed by atoms with E-state index in [1.807, 2.05) is 6.07 Å². The third-order valence-electron chi connectivity index (χ3n) is 2.47. The number of hydrogen-bond donors (Lipinski definition) is 2. The van der Waals surface area contributed by atoms with E-state index in [1.54, 1.807) is 17.0 Å². The second-order valence-electron chi connectivity index (χ2n) is 3.76. The van der Waals surface area contributed by atoms with Crippen molar-refractivity contribution < 1.29 is 14.7 Å². The second-order valence-corrected chi connectivity index (χ2v) is 4.78. The van der Waals surface area contributed by atoms with Crippen molar-refractivity contribution in [1.82, 2.24) is 0 Å². The number of amides is 1. The lowest BCUT2D eigenvalue weighted by molar-refractivity contribution is -0.131. The fourth-order valence-electron chi connectivity index (χ4n) is 1.68. The topological polar surface area (TPSA) is 83.6 Å². The highest BCUT2D eigenvalue weighted by Gasteiger charge is 2.23. The standard InChI is InChI=1S/C12H12N2O3S/c13-8-3-4-10-9(6-8)14(11(15)7-18-10)5-1-2-12(16)17/h1-4,6H,5,7,13H2,(H,16,17)/b2-1+. The third kappa shape index (κ3) is 2.65. The Kier molecular flexibility index (Phi) is 3.57. The van der Waals surface area contributed by atoms with Crippen molar-refractivity contribution in [1.29, 1.82) is 0 Å². The number of carbonyl (C=O) groups excluding carboxylic acids is 1. The molecule has 1 aliphatic rings. The van der Waals surface area contributed by atoms with E-state index >= 15 is 0 Å². The van der Waals surface area contributed by atoms with Gasteiger partial charge in [-0.25, -0.2) is 4.79 Å². The second kappa shape index (κ2) is 5.14. The van der Waals surface area contributed by atoms with E-state index in [4.69, 9.17) is 10.8 Å². The molecule has 0 unspecified atom stereocenters. The molecular formula is C12H12N2O3S. The van der Waals surface area contributed by atoms with Gasteiger partial charge in [-0.1, -0.05) is 6.08 Å². The van der Waals surface area contributed by atoms with Crippen LogP contribution in [-0.4, -0.2) is 29.3 Å².